The summed E-state index contributed by atoms with van der Waals surface area (Å²) in [5.74, 6) is 0.327. The van der Waals surface area contributed by atoms with Crippen molar-refractivity contribution in [3.05, 3.63) is 21.4 Å². The second-order valence-electron chi connectivity index (χ2n) is 4.72. The molecule has 1 aliphatic heterocycles. The van der Waals surface area contributed by atoms with Crippen LogP contribution in [-0.4, -0.2) is 29.7 Å². The maximum absolute atomic E-state index is 12.2. The van der Waals surface area contributed by atoms with Gasteiger partial charge in [0.1, 0.15) is 5.78 Å². The van der Waals surface area contributed by atoms with E-state index < -0.39 is 0 Å². The molecular weight excluding hydrogens is 234 g/mol. The number of likely N-dealkylation sites (tertiary alicyclic amines) is 1. The number of hydrogen-bond donors (Lipinski definition) is 0. The van der Waals surface area contributed by atoms with Crippen molar-refractivity contribution in [1.29, 1.82) is 0 Å². The lowest BCUT2D eigenvalue weighted by Crippen LogP contribution is -2.42. The Hall–Kier alpha value is -1.16. The standard InChI is InChI=1S/C13H17NO2S/c1-8-6-12(17-10(8)3)13(16)14-5-4-11(15)9(2)7-14/h6,9H,4-5,7H2,1-3H3. The molecule has 0 radical (unpaired) electrons. The average molecular weight is 251 g/mol. The van der Waals surface area contributed by atoms with Gasteiger partial charge < -0.3 is 4.90 Å². The normalized spacial score (nSPS) is 20.8. The van der Waals surface area contributed by atoms with Gasteiger partial charge in [-0.15, -0.1) is 11.3 Å². The van der Waals surface area contributed by atoms with Gasteiger partial charge in [0.05, 0.1) is 4.88 Å². The number of ketones is 1. The highest BCUT2D eigenvalue weighted by molar-refractivity contribution is 7.14. The zero-order valence-corrected chi connectivity index (χ0v) is 11.3. The predicted molar refractivity (Wildman–Crippen MR) is 68.5 cm³/mol. The molecule has 0 aromatic carbocycles. The molecule has 4 heteroatoms. The molecule has 3 nitrogen and oxygen atoms in total. The van der Waals surface area contributed by atoms with E-state index in [-0.39, 0.29) is 17.6 Å². The molecule has 0 spiro atoms. The number of thiophene rings is 1. The molecule has 0 N–H and O–H groups in total. The molecule has 1 aliphatic rings. The first kappa shape index (κ1) is 12.3. The lowest BCUT2D eigenvalue weighted by atomic mass is 9.98. The molecule has 2 rings (SSSR count). The zero-order valence-electron chi connectivity index (χ0n) is 10.4. The van der Waals surface area contributed by atoms with Crippen LogP contribution in [0.25, 0.3) is 0 Å². The first-order valence-corrected chi connectivity index (χ1v) is 6.69. The average Bonchev–Trinajstić information content (AvgIpc) is 2.62. The molecule has 1 unspecified atom stereocenters. The smallest absolute Gasteiger partial charge is 0.263 e. The number of aryl methyl sites for hydroxylation is 2. The summed E-state index contributed by atoms with van der Waals surface area (Å²) < 4.78 is 0. The molecule has 1 aromatic heterocycles. The summed E-state index contributed by atoms with van der Waals surface area (Å²) in [7, 11) is 0. The molecule has 0 aliphatic carbocycles. The van der Waals surface area contributed by atoms with Gasteiger partial charge in [-0.2, -0.15) is 0 Å². The van der Waals surface area contributed by atoms with E-state index in [9.17, 15) is 9.59 Å². The quantitative estimate of drug-likeness (QED) is 0.768. The van der Waals surface area contributed by atoms with Gasteiger partial charge in [0.25, 0.3) is 5.91 Å². The minimum Gasteiger partial charge on any atom is -0.337 e. The number of piperidine rings is 1. The first-order chi connectivity index (χ1) is 7.99. The van der Waals surface area contributed by atoms with Crippen LogP contribution in [0.4, 0.5) is 0 Å². The Balaban J connectivity index is 2.13. The number of carbonyl (C=O) groups excluding carboxylic acids is 2. The summed E-state index contributed by atoms with van der Waals surface area (Å²) in [5, 5.41) is 0. The van der Waals surface area contributed by atoms with E-state index in [4.69, 9.17) is 0 Å². The van der Waals surface area contributed by atoms with Gasteiger partial charge in [-0.25, -0.2) is 0 Å². The van der Waals surface area contributed by atoms with Gasteiger partial charge in [0.2, 0.25) is 0 Å². The summed E-state index contributed by atoms with van der Waals surface area (Å²) in [6, 6.07) is 1.95. The largest absolute Gasteiger partial charge is 0.337 e. The first-order valence-electron chi connectivity index (χ1n) is 5.88. The van der Waals surface area contributed by atoms with Gasteiger partial charge in [-0.1, -0.05) is 6.92 Å². The van der Waals surface area contributed by atoms with Crippen molar-refractivity contribution < 1.29 is 9.59 Å². The van der Waals surface area contributed by atoms with Gasteiger partial charge >= 0.3 is 0 Å². The van der Waals surface area contributed by atoms with Crippen LogP contribution in [0.2, 0.25) is 0 Å². The highest BCUT2D eigenvalue weighted by Crippen LogP contribution is 2.23. The molecule has 2 heterocycles. The van der Waals surface area contributed by atoms with Crippen molar-refractivity contribution in [3.8, 4) is 0 Å². The van der Waals surface area contributed by atoms with Gasteiger partial charge in [-0.05, 0) is 25.5 Å². The minimum absolute atomic E-state index is 0.0187. The van der Waals surface area contributed by atoms with Crippen molar-refractivity contribution in [2.75, 3.05) is 13.1 Å². The Morgan fingerprint density at radius 1 is 1.47 bits per heavy atom. The van der Waals surface area contributed by atoms with Crippen molar-refractivity contribution in [3.63, 3.8) is 0 Å². The molecule has 0 saturated carbocycles. The Morgan fingerprint density at radius 3 is 2.71 bits per heavy atom. The number of rotatable bonds is 1. The molecule has 1 atom stereocenters. The fraction of sp³-hybridized carbons (Fsp3) is 0.538. The maximum atomic E-state index is 12.2. The van der Waals surface area contributed by atoms with Crippen LogP contribution in [-0.2, 0) is 4.79 Å². The highest BCUT2D eigenvalue weighted by atomic mass is 32.1. The van der Waals surface area contributed by atoms with E-state index >= 15 is 0 Å². The Labute approximate surface area is 105 Å². The van der Waals surface area contributed by atoms with Crippen LogP contribution in [0.3, 0.4) is 0 Å². The minimum atomic E-state index is -0.0187. The Morgan fingerprint density at radius 2 is 2.18 bits per heavy atom. The molecule has 17 heavy (non-hydrogen) atoms. The lowest BCUT2D eigenvalue weighted by molar-refractivity contribution is -0.124. The van der Waals surface area contributed by atoms with E-state index in [1.54, 1.807) is 16.2 Å². The summed E-state index contributed by atoms with van der Waals surface area (Å²) in [6.45, 7) is 7.07. The summed E-state index contributed by atoms with van der Waals surface area (Å²) >= 11 is 1.54. The van der Waals surface area contributed by atoms with E-state index in [0.29, 0.717) is 19.5 Å². The second kappa shape index (κ2) is 4.61. The van der Waals surface area contributed by atoms with Gasteiger partial charge in [-0.3, -0.25) is 9.59 Å². The van der Waals surface area contributed by atoms with Crippen molar-refractivity contribution in [2.24, 2.45) is 5.92 Å². The monoisotopic (exact) mass is 251 g/mol. The third kappa shape index (κ3) is 2.41. The molecule has 0 bridgehead atoms. The molecule has 1 saturated heterocycles. The topological polar surface area (TPSA) is 37.4 Å². The molecule has 1 fully saturated rings. The number of hydrogen-bond acceptors (Lipinski definition) is 3. The Bertz CT molecular complexity index is 444. The predicted octanol–water partition coefficient (Wildman–Crippen LogP) is 2.42. The van der Waals surface area contributed by atoms with Crippen LogP contribution in [0.1, 0.15) is 33.5 Å². The van der Waals surface area contributed by atoms with Gasteiger partial charge in [0.15, 0.2) is 0 Å². The SMILES string of the molecule is Cc1cc(C(=O)N2CCC(=O)C(C)C2)sc1C. The molecule has 92 valence electrons. The summed E-state index contributed by atoms with van der Waals surface area (Å²) in [6.07, 6.45) is 0.496. The molecular formula is C13H17NO2S. The third-order valence-corrected chi connectivity index (χ3v) is 4.48. The lowest BCUT2D eigenvalue weighted by Gasteiger charge is -2.29. The van der Waals surface area contributed by atoms with E-state index in [0.717, 1.165) is 4.88 Å². The second-order valence-corrected chi connectivity index (χ2v) is 5.97. The number of Topliss-reactive ketones (excluding diaryl/α,β-unsaturated/α-hetero) is 1. The zero-order chi connectivity index (χ0) is 12.6. The highest BCUT2D eigenvalue weighted by Gasteiger charge is 2.27. The molecule has 1 amide bonds. The number of carbonyl (C=O) groups is 2. The van der Waals surface area contributed by atoms with E-state index in [1.165, 1.54) is 10.4 Å². The van der Waals surface area contributed by atoms with Crippen LogP contribution >= 0.6 is 11.3 Å². The number of nitrogens with zero attached hydrogens (tertiary/aromatic N) is 1. The van der Waals surface area contributed by atoms with Crippen LogP contribution in [0.5, 0.6) is 0 Å². The summed E-state index contributed by atoms with van der Waals surface area (Å²) in [4.78, 5) is 27.4. The maximum Gasteiger partial charge on any atom is 0.263 e. The van der Waals surface area contributed by atoms with E-state index in [2.05, 4.69) is 0 Å². The van der Waals surface area contributed by atoms with Gasteiger partial charge in [0, 0.05) is 30.3 Å². The van der Waals surface area contributed by atoms with Crippen LogP contribution < -0.4 is 0 Å². The van der Waals surface area contributed by atoms with Crippen LogP contribution in [0, 0.1) is 19.8 Å². The van der Waals surface area contributed by atoms with Crippen LogP contribution in [0.15, 0.2) is 6.07 Å². The third-order valence-electron chi connectivity index (χ3n) is 3.34. The van der Waals surface area contributed by atoms with Crippen molar-refractivity contribution in [1.82, 2.24) is 4.90 Å². The fourth-order valence-electron chi connectivity index (χ4n) is 2.03. The molecule has 1 aromatic rings. The van der Waals surface area contributed by atoms with Crippen molar-refractivity contribution in [2.45, 2.75) is 27.2 Å². The van der Waals surface area contributed by atoms with E-state index in [1.807, 2.05) is 26.8 Å². The Kier molecular flexibility index (Phi) is 3.33. The van der Waals surface area contributed by atoms with Crippen molar-refractivity contribution >= 4 is 23.0 Å². The summed E-state index contributed by atoms with van der Waals surface area (Å²) in [5.41, 5.74) is 1.17. The number of amides is 1. The fourth-order valence-corrected chi connectivity index (χ4v) is 3.04.